The summed E-state index contributed by atoms with van der Waals surface area (Å²) >= 11 is 0. The Kier molecular flexibility index (Phi) is 8.85. The van der Waals surface area contributed by atoms with Gasteiger partial charge in [0.05, 0.1) is 5.56 Å². The van der Waals surface area contributed by atoms with Gasteiger partial charge in [0.1, 0.15) is 18.5 Å². The van der Waals surface area contributed by atoms with Gasteiger partial charge in [0, 0.05) is 27.7 Å². The molecule has 1 saturated heterocycles. The van der Waals surface area contributed by atoms with Crippen LogP contribution in [-0.4, -0.2) is 61.2 Å². The number of hydrogen-bond donors (Lipinski definition) is 0. The average Bonchev–Trinajstić information content (AvgIpc) is 2.69. The summed E-state index contributed by atoms with van der Waals surface area (Å²) in [5.74, 6) is -3.28. The van der Waals surface area contributed by atoms with Gasteiger partial charge in [-0.1, -0.05) is 0 Å². The fourth-order valence-electron chi connectivity index (χ4n) is 3.14. The average molecular weight is 492 g/mol. The Bertz CT molecular complexity index is 899. The lowest BCUT2D eigenvalue weighted by Gasteiger charge is -2.43. The number of ether oxygens (including phenoxy) is 6. The molecule has 1 heterocycles. The van der Waals surface area contributed by atoms with E-state index in [0.717, 1.165) is 52.0 Å². The van der Waals surface area contributed by atoms with E-state index in [0.29, 0.717) is 0 Å². The summed E-state index contributed by atoms with van der Waals surface area (Å²) in [7, 11) is 0. The SMILES string of the molecule is CC(=O)OC[C@H]1O[C@@H](Oc2ccc(C(F)(F)F)cc2)[C@H](OC(C)=O)[C@@H](OC(C)=O)[C@@H]1OC(C)=O. The molecule has 5 atom stereocenters. The van der Waals surface area contributed by atoms with E-state index < -0.39 is 72.9 Å². The molecule has 1 fully saturated rings. The Morgan fingerprint density at radius 3 is 1.76 bits per heavy atom. The zero-order chi connectivity index (χ0) is 25.6. The summed E-state index contributed by atoms with van der Waals surface area (Å²) in [6, 6.07) is 3.55. The quantitative estimate of drug-likeness (QED) is 0.413. The van der Waals surface area contributed by atoms with Gasteiger partial charge < -0.3 is 28.4 Å². The first kappa shape index (κ1) is 26.9. The lowest BCUT2D eigenvalue weighted by atomic mass is 9.98. The Morgan fingerprint density at radius 2 is 1.29 bits per heavy atom. The van der Waals surface area contributed by atoms with Crippen LogP contribution in [0.5, 0.6) is 5.75 Å². The molecule has 1 aromatic carbocycles. The first-order chi connectivity index (χ1) is 15.8. The van der Waals surface area contributed by atoms with Gasteiger partial charge >= 0.3 is 30.1 Å². The van der Waals surface area contributed by atoms with Crippen molar-refractivity contribution in [2.75, 3.05) is 6.61 Å². The normalized spacial score (nSPS) is 24.5. The topological polar surface area (TPSA) is 124 Å². The zero-order valence-corrected chi connectivity index (χ0v) is 18.6. The van der Waals surface area contributed by atoms with Gasteiger partial charge in [-0.2, -0.15) is 13.2 Å². The molecule has 0 aliphatic carbocycles. The molecule has 0 bridgehead atoms. The van der Waals surface area contributed by atoms with Gasteiger partial charge in [-0.25, -0.2) is 0 Å². The maximum atomic E-state index is 12.9. The van der Waals surface area contributed by atoms with Gasteiger partial charge in [0.2, 0.25) is 12.4 Å². The molecule has 1 aliphatic rings. The van der Waals surface area contributed by atoms with Gasteiger partial charge in [-0.15, -0.1) is 0 Å². The van der Waals surface area contributed by atoms with E-state index in [1.54, 1.807) is 0 Å². The number of carbonyl (C=O) groups excluding carboxylic acids is 4. The molecular weight excluding hydrogens is 469 g/mol. The highest BCUT2D eigenvalue weighted by Gasteiger charge is 2.53. The van der Waals surface area contributed by atoms with Crippen LogP contribution in [0.2, 0.25) is 0 Å². The first-order valence-electron chi connectivity index (χ1n) is 9.92. The molecule has 0 aromatic heterocycles. The molecule has 188 valence electrons. The third kappa shape index (κ3) is 7.61. The van der Waals surface area contributed by atoms with E-state index in [-0.39, 0.29) is 5.75 Å². The highest BCUT2D eigenvalue weighted by Crippen LogP contribution is 2.33. The lowest BCUT2D eigenvalue weighted by Crippen LogP contribution is -2.63. The van der Waals surface area contributed by atoms with Gasteiger partial charge in [0.15, 0.2) is 12.2 Å². The molecule has 13 heteroatoms. The second-order valence-corrected chi connectivity index (χ2v) is 7.21. The lowest BCUT2D eigenvalue weighted by molar-refractivity contribution is -0.288. The van der Waals surface area contributed by atoms with Gasteiger partial charge in [-0.3, -0.25) is 19.2 Å². The van der Waals surface area contributed by atoms with E-state index in [9.17, 15) is 32.3 Å². The first-order valence-corrected chi connectivity index (χ1v) is 9.92. The number of hydrogen-bond acceptors (Lipinski definition) is 10. The number of alkyl halides is 3. The maximum absolute atomic E-state index is 12.9. The molecule has 0 saturated carbocycles. The smallest absolute Gasteiger partial charge is 0.416 e. The van der Waals surface area contributed by atoms with Crippen molar-refractivity contribution < 1.29 is 60.8 Å². The minimum absolute atomic E-state index is 0.103. The molecule has 0 unspecified atom stereocenters. The Hall–Kier alpha value is -3.35. The number of carbonyl (C=O) groups is 4. The standard InChI is InChI=1S/C21H23F3O10/c1-10(25)29-9-16-17(30-11(2)26)18(31-12(3)27)19(32-13(4)28)20(34-16)33-15-7-5-14(6-8-15)21(22,23)24/h5-8,16-20H,9H2,1-4H3/t16-,17-,18+,19-,20-/m1/s1. The molecule has 0 N–H and O–H groups in total. The van der Waals surface area contributed by atoms with Crippen LogP contribution in [-0.2, 0) is 49.0 Å². The van der Waals surface area contributed by atoms with Crippen molar-refractivity contribution in [3.05, 3.63) is 29.8 Å². The highest BCUT2D eigenvalue weighted by molar-refractivity contribution is 5.68. The van der Waals surface area contributed by atoms with Gasteiger partial charge in [-0.05, 0) is 24.3 Å². The van der Waals surface area contributed by atoms with E-state index >= 15 is 0 Å². The molecular formula is C21H23F3O10. The van der Waals surface area contributed by atoms with Crippen molar-refractivity contribution >= 4 is 23.9 Å². The largest absolute Gasteiger partial charge is 0.463 e. The van der Waals surface area contributed by atoms with E-state index in [4.69, 9.17) is 28.4 Å². The summed E-state index contributed by atoms with van der Waals surface area (Å²) in [5, 5.41) is 0. The molecule has 1 aromatic rings. The molecule has 0 radical (unpaired) electrons. The molecule has 0 amide bonds. The third-order valence-corrected chi connectivity index (χ3v) is 4.38. The van der Waals surface area contributed by atoms with Crippen molar-refractivity contribution in [3.8, 4) is 5.75 Å². The minimum atomic E-state index is -4.58. The summed E-state index contributed by atoms with van der Waals surface area (Å²) in [5.41, 5.74) is -0.929. The van der Waals surface area contributed by atoms with Crippen LogP contribution in [0.4, 0.5) is 13.2 Å². The summed E-state index contributed by atoms with van der Waals surface area (Å²) in [6.45, 7) is 3.82. The Labute approximate surface area is 192 Å². The Balaban J connectivity index is 2.43. The van der Waals surface area contributed by atoms with E-state index in [2.05, 4.69) is 0 Å². The van der Waals surface area contributed by atoms with Crippen LogP contribution in [0.15, 0.2) is 24.3 Å². The zero-order valence-electron chi connectivity index (χ0n) is 18.6. The number of halogens is 3. The van der Waals surface area contributed by atoms with Gasteiger partial charge in [0.25, 0.3) is 0 Å². The van der Waals surface area contributed by atoms with Crippen molar-refractivity contribution in [3.63, 3.8) is 0 Å². The summed E-state index contributed by atoms with van der Waals surface area (Å²) in [6.07, 6.45) is -11.7. The van der Waals surface area contributed by atoms with Crippen LogP contribution >= 0.6 is 0 Å². The van der Waals surface area contributed by atoms with Crippen LogP contribution < -0.4 is 4.74 Å². The summed E-state index contributed by atoms with van der Waals surface area (Å²) in [4.78, 5) is 46.5. The molecule has 0 spiro atoms. The Morgan fingerprint density at radius 1 is 0.794 bits per heavy atom. The van der Waals surface area contributed by atoms with Crippen molar-refractivity contribution in [1.82, 2.24) is 0 Å². The molecule has 34 heavy (non-hydrogen) atoms. The predicted molar refractivity (Wildman–Crippen MR) is 104 cm³/mol. The van der Waals surface area contributed by atoms with E-state index in [1.165, 1.54) is 0 Å². The van der Waals surface area contributed by atoms with E-state index in [1.807, 2.05) is 0 Å². The summed E-state index contributed by atoms with van der Waals surface area (Å²) < 4.78 is 70.5. The number of esters is 4. The van der Waals surface area contributed by atoms with Crippen molar-refractivity contribution in [2.45, 2.75) is 64.6 Å². The fourth-order valence-corrected chi connectivity index (χ4v) is 3.14. The minimum Gasteiger partial charge on any atom is -0.463 e. The number of rotatable bonds is 7. The molecule has 2 rings (SSSR count). The van der Waals surface area contributed by atoms with Crippen LogP contribution in [0.1, 0.15) is 33.3 Å². The second kappa shape index (κ2) is 11.2. The number of benzene rings is 1. The maximum Gasteiger partial charge on any atom is 0.416 e. The second-order valence-electron chi connectivity index (χ2n) is 7.21. The fraction of sp³-hybridized carbons (Fsp3) is 0.524. The van der Waals surface area contributed by atoms with Crippen LogP contribution in [0, 0.1) is 0 Å². The molecule has 10 nitrogen and oxygen atoms in total. The van der Waals surface area contributed by atoms with Crippen molar-refractivity contribution in [1.29, 1.82) is 0 Å². The monoisotopic (exact) mass is 492 g/mol. The predicted octanol–water partition coefficient (Wildman–Crippen LogP) is 2.17. The molecule has 1 aliphatic heterocycles. The van der Waals surface area contributed by atoms with Crippen molar-refractivity contribution in [2.24, 2.45) is 0 Å². The van der Waals surface area contributed by atoms with Crippen LogP contribution in [0.3, 0.4) is 0 Å². The van der Waals surface area contributed by atoms with Crippen LogP contribution in [0.25, 0.3) is 0 Å². The third-order valence-electron chi connectivity index (χ3n) is 4.38. The highest BCUT2D eigenvalue weighted by atomic mass is 19.4.